The summed E-state index contributed by atoms with van der Waals surface area (Å²) in [7, 11) is 0. The third-order valence-electron chi connectivity index (χ3n) is 1.52. The van der Waals surface area contributed by atoms with Crippen LogP contribution in [0.25, 0.3) is 0 Å². The van der Waals surface area contributed by atoms with E-state index in [9.17, 15) is 4.79 Å². The molecule has 0 unspecified atom stereocenters. The molecule has 1 nitrogen and oxygen atoms in total. The van der Waals surface area contributed by atoms with Crippen LogP contribution in [-0.2, 0) is 39.1 Å². The van der Waals surface area contributed by atoms with Gasteiger partial charge in [0, 0.05) is 38.3 Å². The molecule has 0 atom stereocenters. The molecule has 1 rings (SSSR count). The summed E-state index contributed by atoms with van der Waals surface area (Å²) in [4.78, 5) is 10.4. The van der Waals surface area contributed by atoms with E-state index in [4.69, 9.17) is 6.58 Å². The Bertz CT molecular complexity index is 268. The van der Waals surface area contributed by atoms with Gasteiger partial charge in [-0.15, -0.1) is 0 Å². The van der Waals surface area contributed by atoms with E-state index in [-0.39, 0.29) is 32.7 Å². The molecule has 0 fully saturated rings. The van der Waals surface area contributed by atoms with Gasteiger partial charge in [0.15, 0.2) is 0 Å². The summed E-state index contributed by atoms with van der Waals surface area (Å²) in [5.41, 5.74) is 1.69. The van der Waals surface area contributed by atoms with E-state index in [1.807, 2.05) is 18.2 Å². The summed E-state index contributed by atoms with van der Waals surface area (Å²) < 4.78 is 0. The molecule has 12 heavy (non-hydrogen) atoms. The second-order valence-corrected chi connectivity index (χ2v) is 2.26. The van der Waals surface area contributed by atoms with Gasteiger partial charge in [0.2, 0.25) is 0 Å². The van der Waals surface area contributed by atoms with Crippen LogP contribution < -0.4 is 0 Å². The molecule has 1 aromatic carbocycles. The molecular weight excluding hydrogens is 225 g/mol. The second kappa shape index (κ2) is 6.27. The summed E-state index contributed by atoms with van der Waals surface area (Å²) in [6.45, 7) is 5.24. The van der Waals surface area contributed by atoms with Crippen molar-refractivity contribution >= 4 is 6.29 Å². The first-order valence-electron chi connectivity index (χ1n) is 3.45. The van der Waals surface area contributed by atoms with Crippen LogP contribution in [0.1, 0.15) is 15.9 Å². The van der Waals surface area contributed by atoms with Crippen LogP contribution >= 0.6 is 0 Å². The Morgan fingerprint density at radius 2 is 2.00 bits per heavy atom. The zero-order valence-electron chi connectivity index (χ0n) is 6.73. The number of benzene rings is 1. The van der Waals surface area contributed by atoms with Gasteiger partial charge in [-0.25, -0.2) is 0 Å². The number of allylic oxidation sites excluding steroid dienone is 1. The predicted molar refractivity (Wildman–Crippen MR) is 44.4 cm³/mol. The molecule has 0 aliphatic heterocycles. The minimum atomic E-state index is 0. The Morgan fingerprint density at radius 3 is 2.58 bits per heavy atom. The molecule has 0 aliphatic carbocycles. The van der Waals surface area contributed by atoms with Crippen LogP contribution in [0.15, 0.2) is 30.3 Å². The number of hydrogen-bond acceptors (Lipinski definition) is 1. The molecule has 0 N–H and O–H groups in total. The molecule has 0 aromatic heterocycles. The number of hydrogen-bond donors (Lipinski definition) is 0. The molecule has 1 radical (unpaired) electrons. The van der Waals surface area contributed by atoms with Crippen LogP contribution in [0.4, 0.5) is 0 Å². The van der Waals surface area contributed by atoms with Gasteiger partial charge in [0.25, 0.3) is 0 Å². The maximum absolute atomic E-state index is 10.4. The van der Waals surface area contributed by atoms with Gasteiger partial charge in [-0.3, -0.25) is 10.9 Å². The molecule has 0 saturated heterocycles. The molecule has 0 amide bonds. The Hall–Kier alpha value is -0.266. The summed E-state index contributed by atoms with van der Waals surface area (Å²) in [6, 6.07) is 7.41. The van der Waals surface area contributed by atoms with Crippen LogP contribution in [0.5, 0.6) is 0 Å². The minimum absolute atomic E-state index is 0. The predicted octanol–water partition coefficient (Wildman–Crippen LogP) is 2.03. The summed E-state index contributed by atoms with van der Waals surface area (Å²) in [6.07, 6.45) is 3.04. The quantitative estimate of drug-likeness (QED) is 0.577. The van der Waals surface area contributed by atoms with E-state index >= 15 is 0 Å². The van der Waals surface area contributed by atoms with E-state index in [1.54, 1.807) is 12.1 Å². The van der Waals surface area contributed by atoms with Gasteiger partial charge in [-0.2, -0.15) is 0 Å². The van der Waals surface area contributed by atoms with Crippen molar-refractivity contribution in [3.05, 3.63) is 48.0 Å². The maximum Gasteiger partial charge on any atom is 0.150 e. The van der Waals surface area contributed by atoms with Crippen molar-refractivity contribution in [3.8, 4) is 0 Å². The van der Waals surface area contributed by atoms with E-state index in [2.05, 4.69) is 0 Å². The first kappa shape index (κ1) is 11.7. The zero-order valence-corrected chi connectivity index (χ0v) is 9.57. The van der Waals surface area contributed by atoms with Gasteiger partial charge >= 0.3 is 0 Å². The number of aldehydes is 1. The van der Waals surface area contributed by atoms with Crippen molar-refractivity contribution in [2.45, 2.75) is 6.42 Å². The maximum atomic E-state index is 10.4. The third-order valence-corrected chi connectivity index (χ3v) is 1.52. The van der Waals surface area contributed by atoms with Crippen LogP contribution in [0, 0.1) is 6.58 Å². The van der Waals surface area contributed by atoms with Gasteiger partial charge in [0.1, 0.15) is 6.29 Å². The molecule has 2 heteroatoms. The fourth-order valence-corrected chi connectivity index (χ4v) is 0.962. The Kier molecular flexibility index (Phi) is 6.13. The van der Waals surface area contributed by atoms with Crippen molar-refractivity contribution in [3.63, 3.8) is 0 Å². The van der Waals surface area contributed by atoms with Crippen molar-refractivity contribution < 1.29 is 37.5 Å². The zero-order chi connectivity index (χ0) is 8.10. The fourth-order valence-electron chi connectivity index (χ4n) is 0.962. The first-order chi connectivity index (χ1) is 5.38. The van der Waals surface area contributed by atoms with E-state index in [0.29, 0.717) is 12.0 Å². The van der Waals surface area contributed by atoms with Crippen LogP contribution in [-0.4, -0.2) is 6.29 Å². The number of carbonyl (C=O) groups excluding carboxylic acids is 1. The average molecular weight is 234 g/mol. The van der Waals surface area contributed by atoms with Crippen molar-refractivity contribution in [1.29, 1.82) is 0 Å². The molecule has 1 aromatic rings. The molecule has 0 spiro atoms. The minimum Gasteiger partial charge on any atom is -0.518 e. The largest absolute Gasteiger partial charge is 0.518 e. The topological polar surface area (TPSA) is 17.1 Å². The smallest absolute Gasteiger partial charge is 0.150 e. The second-order valence-electron chi connectivity index (χ2n) is 2.26. The normalized spacial score (nSPS) is 8.33. The van der Waals surface area contributed by atoms with E-state index < -0.39 is 0 Å². The van der Waals surface area contributed by atoms with Gasteiger partial charge in [-0.1, -0.05) is 24.3 Å². The molecule has 0 aliphatic rings. The van der Waals surface area contributed by atoms with E-state index in [0.717, 1.165) is 11.8 Å². The van der Waals surface area contributed by atoms with Gasteiger partial charge < -0.3 is 6.58 Å². The monoisotopic (exact) mass is 234 g/mol. The van der Waals surface area contributed by atoms with Gasteiger partial charge in [0.05, 0.1) is 0 Å². The number of carbonyl (C=O) groups is 1. The summed E-state index contributed by atoms with van der Waals surface area (Å²) in [5.74, 6) is 0. The summed E-state index contributed by atoms with van der Waals surface area (Å²) in [5, 5.41) is 0. The summed E-state index contributed by atoms with van der Waals surface area (Å²) >= 11 is 0. The Labute approximate surface area is 97.7 Å². The standard InChI is InChI=1S/C10H9O.Y/c1-2-5-9-6-3-4-7-10(9)8-11;/h1-4,6-8H,5H2;/q-1;. The van der Waals surface area contributed by atoms with Crippen molar-refractivity contribution in [1.82, 2.24) is 0 Å². The van der Waals surface area contributed by atoms with Gasteiger partial charge in [-0.05, 0) is 12.0 Å². The van der Waals surface area contributed by atoms with Crippen molar-refractivity contribution in [2.24, 2.45) is 0 Å². The van der Waals surface area contributed by atoms with Crippen LogP contribution in [0.3, 0.4) is 0 Å². The Balaban J connectivity index is 0.00000121. The Morgan fingerprint density at radius 1 is 1.33 bits per heavy atom. The van der Waals surface area contributed by atoms with Crippen LogP contribution in [0.2, 0.25) is 0 Å². The number of rotatable bonds is 3. The van der Waals surface area contributed by atoms with Crippen molar-refractivity contribution in [2.75, 3.05) is 0 Å². The SMILES string of the molecule is [CH-]=CCc1ccccc1C=O.[Y]. The molecule has 59 valence electrons. The molecule has 0 saturated carbocycles. The molecular formula is C10H9OY-. The third kappa shape index (κ3) is 3.00. The molecule has 0 bridgehead atoms. The fraction of sp³-hybridized carbons (Fsp3) is 0.100. The first-order valence-corrected chi connectivity index (χ1v) is 3.45. The average Bonchev–Trinajstić information content (AvgIpc) is 2.06. The molecule has 0 heterocycles. The van der Waals surface area contributed by atoms with E-state index in [1.165, 1.54) is 0 Å².